The van der Waals surface area contributed by atoms with Gasteiger partial charge in [-0.25, -0.2) is 0 Å². The zero-order valence-electron chi connectivity index (χ0n) is 13.8. The van der Waals surface area contributed by atoms with E-state index in [9.17, 15) is 0 Å². The minimum absolute atomic E-state index is 0.978. The number of hydrogen-bond donors (Lipinski definition) is 0. The minimum atomic E-state index is 0.978. The first kappa shape index (κ1) is 15.4. The molecule has 2 saturated carbocycles. The summed E-state index contributed by atoms with van der Waals surface area (Å²) in [5.74, 6) is 6.12. The Morgan fingerprint density at radius 3 is 2.32 bits per heavy atom. The zero-order valence-corrected chi connectivity index (χ0v) is 13.8. The second kappa shape index (κ2) is 7.14. The first-order valence-electron chi connectivity index (χ1n) is 9.13. The Balaban J connectivity index is 1.92. The van der Waals surface area contributed by atoms with Crippen LogP contribution in [-0.2, 0) is 0 Å². The van der Waals surface area contributed by atoms with Gasteiger partial charge in [0.2, 0.25) is 0 Å². The molecule has 2 fully saturated rings. The van der Waals surface area contributed by atoms with E-state index in [1.54, 1.807) is 6.42 Å². The molecule has 0 nitrogen and oxygen atoms in total. The average molecular weight is 264 g/mol. The van der Waals surface area contributed by atoms with Crippen LogP contribution in [0.15, 0.2) is 0 Å². The highest BCUT2D eigenvalue weighted by Gasteiger charge is 2.39. The third-order valence-corrected chi connectivity index (χ3v) is 6.64. The van der Waals surface area contributed by atoms with Crippen LogP contribution >= 0.6 is 0 Å². The van der Waals surface area contributed by atoms with E-state index < -0.39 is 0 Å². The van der Waals surface area contributed by atoms with Crippen molar-refractivity contribution < 1.29 is 0 Å². The molecule has 0 amide bonds. The lowest BCUT2D eigenvalue weighted by molar-refractivity contribution is 0.177. The van der Waals surface area contributed by atoms with Crippen LogP contribution in [0.25, 0.3) is 0 Å². The molecule has 2 aliphatic rings. The molecule has 0 heteroatoms. The van der Waals surface area contributed by atoms with E-state index in [0.717, 1.165) is 35.5 Å². The van der Waals surface area contributed by atoms with Gasteiger partial charge in [0.15, 0.2) is 0 Å². The molecule has 0 aromatic carbocycles. The van der Waals surface area contributed by atoms with Crippen LogP contribution < -0.4 is 0 Å². The average Bonchev–Trinajstić information content (AvgIpc) is 2.66. The molecule has 0 aromatic heterocycles. The Morgan fingerprint density at radius 2 is 1.63 bits per heavy atom. The van der Waals surface area contributed by atoms with Crippen molar-refractivity contribution in [1.82, 2.24) is 0 Å². The molecule has 19 heavy (non-hydrogen) atoms. The highest BCUT2D eigenvalue weighted by molar-refractivity contribution is 4.89. The van der Waals surface area contributed by atoms with Crippen molar-refractivity contribution in [2.45, 2.75) is 85.5 Å². The van der Waals surface area contributed by atoms with Gasteiger partial charge in [-0.3, -0.25) is 0 Å². The summed E-state index contributed by atoms with van der Waals surface area (Å²) in [7, 11) is 0. The van der Waals surface area contributed by atoms with E-state index in [1.807, 2.05) is 0 Å². The summed E-state index contributed by atoms with van der Waals surface area (Å²) in [6, 6.07) is 0. The molecular weight excluding hydrogens is 228 g/mol. The van der Waals surface area contributed by atoms with E-state index in [-0.39, 0.29) is 0 Å². The fraction of sp³-hybridized carbons (Fsp3) is 1.00. The molecule has 6 atom stereocenters. The first-order chi connectivity index (χ1) is 9.13. The zero-order chi connectivity index (χ0) is 13.8. The van der Waals surface area contributed by atoms with Gasteiger partial charge in [-0.05, 0) is 54.8 Å². The molecule has 0 bridgehead atoms. The smallest absolute Gasteiger partial charge is 0.0357 e. The van der Waals surface area contributed by atoms with Crippen LogP contribution in [0.2, 0.25) is 0 Å². The molecule has 0 radical (unpaired) electrons. The lowest BCUT2D eigenvalue weighted by Gasteiger charge is -2.33. The van der Waals surface area contributed by atoms with Gasteiger partial charge in [0, 0.05) is 0 Å². The van der Waals surface area contributed by atoms with Crippen molar-refractivity contribution in [3.63, 3.8) is 0 Å². The molecule has 0 N–H and O–H groups in total. The molecule has 0 heterocycles. The fourth-order valence-corrected chi connectivity index (χ4v) is 5.06. The van der Waals surface area contributed by atoms with E-state index >= 15 is 0 Å². The van der Waals surface area contributed by atoms with Gasteiger partial charge in [0.05, 0.1) is 0 Å². The van der Waals surface area contributed by atoms with E-state index in [1.165, 1.54) is 51.4 Å². The minimum Gasteiger partial charge on any atom is -0.0654 e. The van der Waals surface area contributed by atoms with Crippen LogP contribution in [0.4, 0.5) is 0 Å². The normalized spacial score (nSPS) is 43.6. The van der Waals surface area contributed by atoms with Crippen LogP contribution in [0.1, 0.15) is 85.5 Å². The summed E-state index contributed by atoms with van der Waals surface area (Å²) >= 11 is 0. The predicted octanol–water partition coefficient (Wildman–Crippen LogP) is 6.30. The van der Waals surface area contributed by atoms with E-state index in [0.29, 0.717) is 0 Å². The van der Waals surface area contributed by atoms with E-state index in [2.05, 4.69) is 27.7 Å². The summed E-state index contributed by atoms with van der Waals surface area (Å²) < 4.78 is 0. The van der Waals surface area contributed by atoms with Gasteiger partial charge in [0.25, 0.3) is 0 Å². The SMILES string of the molecule is CCCCC1C(CC2CCCCC2C)C[C@@H](C)[C@H]1C. The number of unbranched alkanes of at least 4 members (excludes halogenated alkanes) is 1. The van der Waals surface area contributed by atoms with Gasteiger partial charge < -0.3 is 0 Å². The largest absolute Gasteiger partial charge is 0.0654 e. The maximum absolute atomic E-state index is 2.54. The Hall–Kier alpha value is 0. The standard InChI is InChI=1S/C19H36/c1-5-6-11-19-16(4)15(3)12-18(19)13-17-10-8-7-9-14(17)2/h14-19H,5-13H2,1-4H3/t14?,15-,16-,17?,18?,19?/m1/s1. The van der Waals surface area contributed by atoms with Gasteiger partial charge in [-0.1, -0.05) is 66.2 Å². The summed E-state index contributed by atoms with van der Waals surface area (Å²) in [6.45, 7) is 9.91. The first-order valence-corrected chi connectivity index (χ1v) is 9.13. The van der Waals surface area contributed by atoms with Crippen molar-refractivity contribution in [2.75, 3.05) is 0 Å². The molecule has 0 saturated heterocycles. The van der Waals surface area contributed by atoms with Crippen LogP contribution in [0.3, 0.4) is 0 Å². The molecule has 0 spiro atoms. The monoisotopic (exact) mass is 264 g/mol. The molecular formula is C19H36. The predicted molar refractivity (Wildman–Crippen MR) is 85.2 cm³/mol. The highest BCUT2D eigenvalue weighted by atomic mass is 14.4. The third kappa shape index (κ3) is 3.76. The summed E-state index contributed by atoms with van der Waals surface area (Å²) in [5, 5.41) is 0. The van der Waals surface area contributed by atoms with Crippen molar-refractivity contribution in [1.29, 1.82) is 0 Å². The fourth-order valence-electron chi connectivity index (χ4n) is 5.06. The molecule has 2 aliphatic carbocycles. The summed E-state index contributed by atoms with van der Waals surface area (Å²) in [5.41, 5.74) is 0. The lowest BCUT2D eigenvalue weighted by atomic mass is 9.73. The molecule has 0 aromatic rings. The van der Waals surface area contributed by atoms with Crippen LogP contribution in [-0.4, -0.2) is 0 Å². The number of rotatable bonds is 5. The lowest BCUT2D eigenvalue weighted by Crippen LogP contribution is -2.23. The molecule has 4 unspecified atom stereocenters. The Bertz CT molecular complexity index is 257. The van der Waals surface area contributed by atoms with Crippen molar-refractivity contribution in [3.8, 4) is 0 Å². The second-order valence-electron chi connectivity index (χ2n) is 7.90. The Morgan fingerprint density at radius 1 is 0.895 bits per heavy atom. The van der Waals surface area contributed by atoms with Crippen LogP contribution in [0.5, 0.6) is 0 Å². The molecule has 112 valence electrons. The topological polar surface area (TPSA) is 0 Å². The van der Waals surface area contributed by atoms with Crippen LogP contribution in [0, 0.1) is 35.5 Å². The highest BCUT2D eigenvalue weighted by Crippen LogP contribution is 2.48. The van der Waals surface area contributed by atoms with Crippen molar-refractivity contribution in [2.24, 2.45) is 35.5 Å². The maximum Gasteiger partial charge on any atom is -0.0357 e. The van der Waals surface area contributed by atoms with E-state index in [4.69, 9.17) is 0 Å². The van der Waals surface area contributed by atoms with Gasteiger partial charge in [0.1, 0.15) is 0 Å². The van der Waals surface area contributed by atoms with Gasteiger partial charge in [-0.15, -0.1) is 0 Å². The Kier molecular flexibility index (Phi) is 5.78. The Labute approximate surface area is 121 Å². The van der Waals surface area contributed by atoms with Gasteiger partial charge >= 0.3 is 0 Å². The second-order valence-corrected chi connectivity index (χ2v) is 7.90. The molecule has 0 aliphatic heterocycles. The summed E-state index contributed by atoms with van der Waals surface area (Å²) in [6.07, 6.45) is 13.5. The van der Waals surface area contributed by atoms with Crippen molar-refractivity contribution in [3.05, 3.63) is 0 Å². The number of hydrogen-bond acceptors (Lipinski definition) is 0. The quantitative estimate of drug-likeness (QED) is 0.546. The maximum atomic E-state index is 2.54. The molecule has 2 rings (SSSR count). The summed E-state index contributed by atoms with van der Waals surface area (Å²) in [4.78, 5) is 0. The van der Waals surface area contributed by atoms with Gasteiger partial charge in [-0.2, -0.15) is 0 Å². The van der Waals surface area contributed by atoms with Crippen molar-refractivity contribution >= 4 is 0 Å². The third-order valence-electron chi connectivity index (χ3n) is 6.64.